The number of ether oxygens (including phenoxy) is 1. The number of fused-ring (bicyclic) bond motifs is 1. The molecule has 2 aliphatic heterocycles. The Morgan fingerprint density at radius 2 is 2.35 bits per heavy atom. The Morgan fingerprint density at radius 1 is 1.60 bits per heavy atom. The van der Waals surface area contributed by atoms with Gasteiger partial charge in [0.2, 0.25) is 5.82 Å². The molecule has 20 heavy (non-hydrogen) atoms. The molecule has 0 saturated carbocycles. The van der Waals surface area contributed by atoms with Crippen molar-refractivity contribution in [2.24, 2.45) is 11.2 Å². The molecule has 12 heteroatoms. The number of hydrogen-bond donors (Lipinski definition) is 3. The lowest BCUT2D eigenvalue weighted by Crippen LogP contribution is -2.40. The van der Waals surface area contributed by atoms with E-state index in [1.54, 1.807) is 0 Å². The maximum absolute atomic E-state index is 11.5. The molecule has 1 aromatic heterocycles. The van der Waals surface area contributed by atoms with E-state index in [9.17, 15) is 14.5 Å². The van der Waals surface area contributed by atoms with Crippen molar-refractivity contribution in [2.45, 2.75) is 24.5 Å². The maximum Gasteiger partial charge on any atom is 0.403 e. The van der Waals surface area contributed by atoms with E-state index in [-0.39, 0.29) is 12.4 Å². The van der Waals surface area contributed by atoms with E-state index in [1.807, 2.05) is 0 Å². The molecule has 3 rings (SSSR count). The van der Waals surface area contributed by atoms with E-state index in [0.717, 1.165) is 4.68 Å². The third kappa shape index (κ3) is 2.24. The van der Waals surface area contributed by atoms with E-state index in [1.165, 1.54) is 6.33 Å². The fourth-order valence-electron chi connectivity index (χ4n) is 2.09. The molecule has 11 nitrogen and oxygen atoms in total. The first kappa shape index (κ1) is 13.6. The first-order valence-corrected chi connectivity index (χ1v) is 7.24. The van der Waals surface area contributed by atoms with Crippen LogP contribution in [0, 0.1) is 0 Å². The molecule has 5 N–H and O–H groups in total. The molecule has 3 heterocycles. The summed E-state index contributed by atoms with van der Waals surface area (Å²) in [4.78, 5) is 14.6. The van der Waals surface area contributed by atoms with Crippen LogP contribution in [0.1, 0.15) is 16.8 Å². The van der Waals surface area contributed by atoms with Gasteiger partial charge in [0, 0.05) is 0 Å². The summed E-state index contributed by atoms with van der Waals surface area (Å²) in [6.07, 6.45) is -2.53. The van der Waals surface area contributed by atoms with Gasteiger partial charge in [-0.25, -0.2) is 19.7 Å². The number of aromatic nitrogens is 3. The van der Waals surface area contributed by atoms with Crippen LogP contribution in [-0.4, -0.2) is 50.7 Å². The summed E-state index contributed by atoms with van der Waals surface area (Å²) in [5, 5.41) is 13.9. The molecule has 0 radical (unpaired) electrons. The zero-order valence-corrected chi connectivity index (χ0v) is 10.9. The highest BCUT2D eigenvalue weighted by molar-refractivity contribution is 7.51. The standard InChI is InChI=1S/C8H12N5O6P/c9-6(15)7-11-2-13(12-7)8-4(14)5-3(18-8)1-17-20(10,16)19-5/h2-5,8,14H,1H2,(H2,9,15)(H2,10,16)/t3-,4-,5-,8-,20?/m1/s1. The van der Waals surface area contributed by atoms with Crippen LogP contribution in [0.5, 0.6) is 0 Å². The van der Waals surface area contributed by atoms with Gasteiger partial charge in [-0.15, -0.1) is 5.10 Å². The van der Waals surface area contributed by atoms with Crippen LogP contribution in [0.2, 0.25) is 0 Å². The number of aliphatic hydroxyl groups excluding tert-OH is 1. The van der Waals surface area contributed by atoms with Crippen molar-refractivity contribution in [1.82, 2.24) is 14.8 Å². The number of rotatable bonds is 2. The van der Waals surface area contributed by atoms with E-state index < -0.39 is 38.2 Å². The summed E-state index contributed by atoms with van der Waals surface area (Å²) >= 11 is 0. The van der Waals surface area contributed by atoms with E-state index in [0.29, 0.717) is 0 Å². The van der Waals surface area contributed by atoms with Gasteiger partial charge in [0.05, 0.1) is 6.61 Å². The van der Waals surface area contributed by atoms with Gasteiger partial charge in [-0.1, -0.05) is 0 Å². The molecular weight excluding hydrogens is 293 g/mol. The molecule has 1 unspecified atom stereocenters. The third-order valence-corrected chi connectivity index (χ3v) is 4.03. The fourth-order valence-corrected chi connectivity index (χ4v) is 3.11. The SMILES string of the molecule is NC(=O)c1ncn([C@@H]2O[C@@H]3COP(N)(=O)O[C@H]3[C@H]2O)n1. The first-order valence-electron chi connectivity index (χ1n) is 5.63. The molecule has 110 valence electrons. The smallest absolute Gasteiger partial charge is 0.385 e. The summed E-state index contributed by atoms with van der Waals surface area (Å²) in [7, 11) is -3.68. The number of carbonyl (C=O) groups is 1. The average Bonchev–Trinajstić information content (AvgIpc) is 2.95. The number of primary amides is 1. The lowest BCUT2D eigenvalue weighted by atomic mass is 10.1. The van der Waals surface area contributed by atoms with E-state index >= 15 is 0 Å². The molecule has 2 fully saturated rings. The van der Waals surface area contributed by atoms with Gasteiger partial charge in [0.25, 0.3) is 5.91 Å². The second kappa shape index (κ2) is 4.58. The van der Waals surface area contributed by atoms with Crippen LogP contribution in [0.4, 0.5) is 0 Å². The second-order valence-corrected chi connectivity index (χ2v) is 5.92. The lowest BCUT2D eigenvalue weighted by Gasteiger charge is -2.28. The molecule has 2 aliphatic rings. The minimum atomic E-state index is -3.68. The minimum absolute atomic E-state index is 0.0800. The van der Waals surface area contributed by atoms with Crippen LogP contribution in [0.25, 0.3) is 0 Å². The summed E-state index contributed by atoms with van der Waals surface area (Å²) in [5.74, 6) is -1.02. The van der Waals surface area contributed by atoms with Crippen LogP contribution in [0.15, 0.2) is 6.33 Å². The zero-order valence-electron chi connectivity index (χ0n) is 10.0. The Hall–Kier alpha value is -1.36. The van der Waals surface area contributed by atoms with Crippen LogP contribution >= 0.6 is 7.75 Å². The van der Waals surface area contributed by atoms with Crippen molar-refractivity contribution in [2.75, 3.05) is 6.61 Å². The van der Waals surface area contributed by atoms with Gasteiger partial charge in [0.1, 0.15) is 24.6 Å². The normalized spacial score (nSPS) is 40.5. The third-order valence-electron chi connectivity index (χ3n) is 2.99. The molecule has 0 aromatic carbocycles. The number of nitrogens with two attached hydrogens (primary N) is 2. The van der Waals surface area contributed by atoms with E-state index in [2.05, 4.69) is 10.1 Å². The van der Waals surface area contributed by atoms with Crippen molar-refractivity contribution >= 4 is 13.7 Å². The highest BCUT2D eigenvalue weighted by Gasteiger charge is 2.52. The summed E-state index contributed by atoms with van der Waals surface area (Å²) in [5.41, 5.74) is 10.3. The Morgan fingerprint density at radius 3 is 3.00 bits per heavy atom. The van der Waals surface area contributed by atoms with Crippen LogP contribution in [0.3, 0.4) is 0 Å². The number of nitrogens with zero attached hydrogens (tertiary/aromatic N) is 3. The van der Waals surface area contributed by atoms with Gasteiger partial charge in [0.15, 0.2) is 6.23 Å². The molecule has 2 saturated heterocycles. The number of carbonyl (C=O) groups excluding carboxylic acids is 1. The second-order valence-electron chi connectivity index (χ2n) is 4.37. The van der Waals surface area contributed by atoms with E-state index in [4.69, 9.17) is 25.0 Å². The minimum Gasteiger partial charge on any atom is -0.385 e. The highest BCUT2D eigenvalue weighted by atomic mass is 31.2. The van der Waals surface area contributed by atoms with Crippen molar-refractivity contribution in [3.63, 3.8) is 0 Å². The van der Waals surface area contributed by atoms with Crippen molar-refractivity contribution < 1.29 is 28.3 Å². The molecule has 1 aromatic rings. The van der Waals surface area contributed by atoms with Crippen molar-refractivity contribution in [3.8, 4) is 0 Å². The average molecular weight is 305 g/mol. The summed E-state index contributed by atoms with van der Waals surface area (Å²) < 4.78 is 28.0. The highest BCUT2D eigenvalue weighted by Crippen LogP contribution is 2.49. The topological polar surface area (TPSA) is 165 Å². The predicted octanol–water partition coefficient (Wildman–Crippen LogP) is -1.88. The largest absolute Gasteiger partial charge is 0.403 e. The fraction of sp³-hybridized carbons (Fsp3) is 0.625. The Balaban J connectivity index is 1.82. The summed E-state index contributed by atoms with van der Waals surface area (Å²) in [6, 6.07) is 0. The molecule has 0 aliphatic carbocycles. The Labute approximate surface area is 112 Å². The van der Waals surface area contributed by atoms with Crippen molar-refractivity contribution in [3.05, 3.63) is 12.2 Å². The predicted molar refractivity (Wildman–Crippen MR) is 61.1 cm³/mol. The van der Waals surface area contributed by atoms with Gasteiger partial charge >= 0.3 is 7.75 Å². The molecule has 0 spiro atoms. The molecule has 0 bridgehead atoms. The van der Waals surface area contributed by atoms with Crippen molar-refractivity contribution in [1.29, 1.82) is 0 Å². The van der Waals surface area contributed by atoms with Gasteiger partial charge in [-0.2, -0.15) is 0 Å². The molecule has 1 amide bonds. The quantitative estimate of drug-likeness (QED) is 0.530. The first-order chi connectivity index (χ1) is 9.37. The van der Waals surface area contributed by atoms with Crippen LogP contribution in [-0.2, 0) is 18.3 Å². The van der Waals surface area contributed by atoms with Gasteiger partial charge in [-0.3, -0.25) is 13.8 Å². The van der Waals surface area contributed by atoms with Crippen LogP contribution < -0.4 is 11.2 Å². The Kier molecular flexibility index (Phi) is 3.12. The number of amides is 1. The van der Waals surface area contributed by atoms with Gasteiger partial charge in [-0.05, 0) is 0 Å². The molecule has 5 atom stereocenters. The maximum atomic E-state index is 11.5. The zero-order chi connectivity index (χ0) is 14.5. The Bertz CT molecular complexity index is 592. The monoisotopic (exact) mass is 305 g/mol. The summed E-state index contributed by atoms with van der Waals surface area (Å²) in [6.45, 7) is -0.0800. The number of hydrogen-bond acceptors (Lipinski definition) is 8. The lowest BCUT2D eigenvalue weighted by molar-refractivity contribution is -0.0642. The number of aliphatic hydroxyl groups is 1. The molecular formula is C8H12N5O6P. The van der Waals surface area contributed by atoms with Gasteiger partial charge < -0.3 is 15.6 Å².